The van der Waals surface area contributed by atoms with Crippen LogP contribution in [0.15, 0.2) is 12.2 Å². The molecule has 0 atom stereocenters. The molecule has 0 aliphatic carbocycles. The second-order valence-electron chi connectivity index (χ2n) is 5.50. The molecule has 0 fully saturated rings. The number of carboxylic acids is 1. The summed E-state index contributed by atoms with van der Waals surface area (Å²) in [5.74, 6) is 0.163. The van der Waals surface area contributed by atoms with Gasteiger partial charge in [0.15, 0.2) is 0 Å². The van der Waals surface area contributed by atoms with Gasteiger partial charge < -0.3 is 5.11 Å². The molecule has 0 radical (unpaired) electrons. The Morgan fingerprint density at radius 2 is 1.50 bits per heavy atom. The predicted molar refractivity (Wildman–Crippen MR) is 77.8 cm³/mol. The topological polar surface area (TPSA) is 37.3 Å². The smallest absolute Gasteiger partial charge is 0.303 e. The molecule has 0 saturated heterocycles. The summed E-state index contributed by atoms with van der Waals surface area (Å²) in [7, 11) is 0. The number of hydrogen-bond acceptors (Lipinski definition) is 1. The van der Waals surface area contributed by atoms with E-state index in [0.717, 1.165) is 25.2 Å². The molecule has 0 aliphatic rings. The zero-order valence-corrected chi connectivity index (χ0v) is 12.2. The van der Waals surface area contributed by atoms with Crippen LogP contribution in [-0.2, 0) is 4.79 Å². The van der Waals surface area contributed by atoms with Crippen LogP contribution in [0.25, 0.3) is 0 Å². The quantitative estimate of drug-likeness (QED) is 0.384. The van der Waals surface area contributed by atoms with Gasteiger partial charge in [0.1, 0.15) is 0 Å². The normalized spacial score (nSPS) is 11.5. The minimum atomic E-state index is -0.680. The zero-order valence-electron chi connectivity index (χ0n) is 12.2. The summed E-state index contributed by atoms with van der Waals surface area (Å²) in [6.07, 6.45) is 15.5. The Balaban J connectivity index is 3.11. The molecule has 2 heteroatoms. The largest absolute Gasteiger partial charge is 0.481 e. The van der Waals surface area contributed by atoms with Crippen LogP contribution >= 0.6 is 0 Å². The highest BCUT2D eigenvalue weighted by atomic mass is 16.4. The van der Waals surface area contributed by atoms with Crippen molar-refractivity contribution >= 4 is 5.97 Å². The maximum atomic E-state index is 10.3. The summed E-state index contributed by atoms with van der Waals surface area (Å²) in [5.41, 5.74) is 0. The molecule has 0 aromatic carbocycles. The van der Waals surface area contributed by atoms with E-state index in [1.54, 1.807) is 0 Å². The number of aliphatic carboxylic acids is 1. The lowest BCUT2D eigenvalue weighted by Gasteiger charge is -2.03. The second-order valence-corrected chi connectivity index (χ2v) is 5.50. The van der Waals surface area contributed by atoms with Gasteiger partial charge in [-0.3, -0.25) is 4.79 Å². The van der Waals surface area contributed by atoms with Gasteiger partial charge in [-0.05, 0) is 38.0 Å². The van der Waals surface area contributed by atoms with Crippen molar-refractivity contribution in [3.8, 4) is 0 Å². The van der Waals surface area contributed by atoms with Crippen molar-refractivity contribution in [3.05, 3.63) is 12.2 Å². The van der Waals surface area contributed by atoms with Crippen LogP contribution in [0.3, 0.4) is 0 Å². The Kier molecular flexibility index (Phi) is 12.1. The SMILES string of the molecule is CC(C)CCCCCC/C=C\CCCCC(=O)O. The molecule has 0 aromatic rings. The number of unbranched alkanes of at least 4 members (excludes halogenated alkanes) is 6. The highest BCUT2D eigenvalue weighted by Crippen LogP contribution is 2.11. The average Bonchev–Trinajstić information content (AvgIpc) is 2.29. The van der Waals surface area contributed by atoms with Gasteiger partial charge in [0, 0.05) is 6.42 Å². The highest BCUT2D eigenvalue weighted by molar-refractivity contribution is 5.66. The Bertz CT molecular complexity index is 219. The summed E-state index contributed by atoms with van der Waals surface area (Å²) in [4.78, 5) is 10.3. The molecule has 0 aliphatic heterocycles. The van der Waals surface area contributed by atoms with E-state index in [9.17, 15) is 4.79 Å². The van der Waals surface area contributed by atoms with E-state index >= 15 is 0 Å². The third-order valence-electron chi connectivity index (χ3n) is 3.08. The number of hydrogen-bond donors (Lipinski definition) is 1. The predicted octanol–water partition coefficient (Wildman–Crippen LogP) is 5.18. The molecule has 0 aromatic heterocycles. The van der Waals surface area contributed by atoms with Crippen LogP contribution in [0.5, 0.6) is 0 Å². The van der Waals surface area contributed by atoms with Gasteiger partial charge in [0.2, 0.25) is 0 Å². The number of rotatable bonds is 12. The summed E-state index contributed by atoms with van der Waals surface area (Å²) in [6, 6.07) is 0. The van der Waals surface area contributed by atoms with Crippen LogP contribution in [0.2, 0.25) is 0 Å². The second kappa shape index (κ2) is 12.7. The van der Waals surface area contributed by atoms with Crippen LogP contribution in [-0.4, -0.2) is 11.1 Å². The van der Waals surface area contributed by atoms with Crippen LogP contribution in [0.1, 0.15) is 78.1 Å². The molecule has 0 heterocycles. The fourth-order valence-corrected chi connectivity index (χ4v) is 1.94. The molecular formula is C16H30O2. The standard InChI is InChI=1S/C16H30O2/c1-15(2)13-11-9-7-5-3-4-6-8-10-12-14-16(17)18/h4,6,15H,3,5,7-14H2,1-2H3,(H,17,18)/b6-4-. The van der Waals surface area contributed by atoms with Crippen molar-refractivity contribution in [1.82, 2.24) is 0 Å². The molecule has 0 spiro atoms. The maximum absolute atomic E-state index is 10.3. The molecule has 0 saturated carbocycles. The van der Waals surface area contributed by atoms with Gasteiger partial charge in [0.25, 0.3) is 0 Å². The van der Waals surface area contributed by atoms with Crippen molar-refractivity contribution < 1.29 is 9.90 Å². The van der Waals surface area contributed by atoms with E-state index in [-0.39, 0.29) is 0 Å². The zero-order chi connectivity index (χ0) is 13.6. The van der Waals surface area contributed by atoms with Crippen LogP contribution < -0.4 is 0 Å². The van der Waals surface area contributed by atoms with Gasteiger partial charge in [-0.2, -0.15) is 0 Å². The van der Waals surface area contributed by atoms with Crippen molar-refractivity contribution in [2.45, 2.75) is 78.1 Å². The lowest BCUT2D eigenvalue weighted by molar-refractivity contribution is -0.137. The molecule has 0 bridgehead atoms. The first-order valence-electron chi connectivity index (χ1n) is 7.49. The van der Waals surface area contributed by atoms with Gasteiger partial charge >= 0.3 is 5.97 Å². The lowest BCUT2D eigenvalue weighted by atomic mass is 10.0. The van der Waals surface area contributed by atoms with Crippen molar-refractivity contribution in [3.63, 3.8) is 0 Å². The summed E-state index contributed by atoms with van der Waals surface area (Å²) in [6.45, 7) is 4.57. The molecule has 106 valence electrons. The van der Waals surface area contributed by atoms with E-state index in [1.807, 2.05) is 0 Å². The van der Waals surface area contributed by atoms with E-state index in [4.69, 9.17) is 5.11 Å². The van der Waals surface area contributed by atoms with Crippen LogP contribution in [0, 0.1) is 5.92 Å². The first kappa shape index (κ1) is 17.2. The molecule has 0 unspecified atom stereocenters. The molecule has 0 rings (SSSR count). The van der Waals surface area contributed by atoms with Crippen molar-refractivity contribution in [2.75, 3.05) is 0 Å². The lowest BCUT2D eigenvalue weighted by Crippen LogP contribution is -1.92. The minimum absolute atomic E-state index is 0.309. The van der Waals surface area contributed by atoms with Gasteiger partial charge in [-0.25, -0.2) is 0 Å². The van der Waals surface area contributed by atoms with Gasteiger partial charge in [-0.1, -0.05) is 51.7 Å². The monoisotopic (exact) mass is 254 g/mol. The Hall–Kier alpha value is -0.790. The summed E-state index contributed by atoms with van der Waals surface area (Å²) in [5, 5.41) is 8.47. The maximum Gasteiger partial charge on any atom is 0.303 e. The first-order chi connectivity index (χ1) is 8.63. The Labute approximate surface area is 112 Å². The Morgan fingerprint density at radius 3 is 2.06 bits per heavy atom. The van der Waals surface area contributed by atoms with E-state index in [0.29, 0.717) is 6.42 Å². The number of allylic oxidation sites excluding steroid dienone is 2. The highest BCUT2D eigenvalue weighted by Gasteiger charge is 1.95. The van der Waals surface area contributed by atoms with Gasteiger partial charge in [0.05, 0.1) is 0 Å². The Morgan fingerprint density at radius 1 is 0.944 bits per heavy atom. The van der Waals surface area contributed by atoms with Crippen LogP contribution in [0.4, 0.5) is 0 Å². The molecule has 2 nitrogen and oxygen atoms in total. The van der Waals surface area contributed by atoms with Crippen molar-refractivity contribution in [1.29, 1.82) is 0 Å². The molecule has 0 amide bonds. The fraction of sp³-hybridized carbons (Fsp3) is 0.812. The van der Waals surface area contributed by atoms with Crippen molar-refractivity contribution in [2.24, 2.45) is 5.92 Å². The third-order valence-corrected chi connectivity index (χ3v) is 3.08. The number of carbonyl (C=O) groups is 1. The minimum Gasteiger partial charge on any atom is -0.481 e. The molecule has 1 N–H and O–H groups in total. The summed E-state index contributed by atoms with van der Waals surface area (Å²) >= 11 is 0. The fourth-order valence-electron chi connectivity index (χ4n) is 1.94. The van der Waals surface area contributed by atoms with E-state index in [1.165, 1.54) is 38.5 Å². The van der Waals surface area contributed by atoms with E-state index < -0.39 is 5.97 Å². The number of carboxylic acid groups (broad SMARTS) is 1. The molecule has 18 heavy (non-hydrogen) atoms. The molecular weight excluding hydrogens is 224 g/mol. The summed E-state index contributed by atoms with van der Waals surface area (Å²) < 4.78 is 0. The average molecular weight is 254 g/mol. The van der Waals surface area contributed by atoms with Gasteiger partial charge in [-0.15, -0.1) is 0 Å². The third kappa shape index (κ3) is 15.2. The van der Waals surface area contributed by atoms with E-state index in [2.05, 4.69) is 26.0 Å². The first-order valence-corrected chi connectivity index (χ1v) is 7.49.